The van der Waals surface area contributed by atoms with Crippen molar-refractivity contribution < 1.29 is 26.3 Å². The van der Waals surface area contributed by atoms with E-state index in [1.54, 1.807) is 24.0 Å². The number of sulfonamides is 1. The fraction of sp³-hybridized carbons (Fsp3) is 0.381. The third-order valence-electron chi connectivity index (χ3n) is 5.80. The minimum Gasteiger partial charge on any atom is -0.485 e. The minimum absolute atomic E-state index is 0.0678. The third kappa shape index (κ3) is 4.83. The number of hydrogen-bond acceptors (Lipinski definition) is 6. The van der Waals surface area contributed by atoms with Gasteiger partial charge in [-0.05, 0) is 31.5 Å². The average Bonchev–Trinajstić information content (AvgIpc) is 3.15. The van der Waals surface area contributed by atoms with Gasteiger partial charge in [0, 0.05) is 43.5 Å². The number of halogens is 4. The van der Waals surface area contributed by atoms with Gasteiger partial charge < -0.3 is 4.74 Å². The number of rotatable bonds is 6. The van der Waals surface area contributed by atoms with E-state index in [-0.39, 0.29) is 29.4 Å². The molecule has 0 amide bonds. The smallest absolute Gasteiger partial charge is 0.266 e. The molecule has 0 spiro atoms. The molecule has 2 aromatic heterocycles. The quantitative estimate of drug-likeness (QED) is 0.517. The summed E-state index contributed by atoms with van der Waals surface area (Å²) in [5, 5.41) is 3.86. The van der Waals surface area contributed by atoms with E-state index < -0.39 is 44.6 Å². The first-order chi connectivity index (χ1) is 15.9. The van der Waals surface area contributed by atoms with Gasteiger partial charge in [-0.1, -0.05) is 11.6 Å². The Hall–Kier alpha value is -2.86. The molecule has 3 aromatic rings. The first-order valence-corrected chi connectivity index (χ1v) is 12.1. The second kappa shape index (κ2) is 8.73. The lowest BCUT2D eigenvalue weighted by Crippen LogP contribution is -2.49. The molecule has 1 fully saturated rings. The number of benzene rings is 1. The summed E-state index contributed by atoms with van der Waals surface area (Å²) < 4.78 is 78.7. The second-order valence-corrected chi connectivity index (χ2v) is 10.4. The zero-order valence-electron chi connectivity index (χ0n) is 18.2. The standard InChI is InChI=1S/C21H21ClF3N5O3S/c1-20(11-21(24,25)6-3-13(20)16-4-8-28-30(16)2)33-17-10-15(23)18(9-14(17)22)34(31,32)29-19-5-7-26-12-27-19/h4-5,7-10,12-13H,3,6,11H2,1-2H3,(H,26,27,29)/t13-,20-/m1/s1. The maximum Gasteiger partial charge on any atom is 0.266 e. The predicted molar refractivity (Wildman–Crippen MR) is 118 cm³/mol. The van der Waals surface area contributed by atoms with E-state index in [2.05, 4.69) is 19.8 Å². The minimum atomic E-state index is -4.39. The largest absolute Gasteiger partial charge is 0.485 e. The number of aromatic nitrogens is 4. The summed E-state index contributed by atoms with van der Waals surface area (Å²) in [7, 11) is -2.69. The molecule has 0 unspecified atom stereocenters. The molecule has 1 aliphatic carbocycles. The number of hydrogen-bond donors (Lipinski definition) is 1. The lowest BCUT2D eigenvalue weighted by molar-refractivity contribution is -0.117. The summed E-state index contributed by atoms with van der Waals surface area (Å²) in [6, 6.07) is 4.66. The highest BCUT2D eigenvalue weighted by atomic mass is 35.5. The van der Waals surface area contributed by atoms with Gasteiger partial charge in [0.1, 0.15) is 34.2 Å². The van der Waals surface area contributed by atoms with Gasteiger partial charge in [-0.25, -0.2) is 31.6 Å². The van der Waals surface area contributed by atoms with Gasteiger partial charge in [0.15, 0.2) is 0 Å². The molecule has 2 heterocycles. The van der Waals surface area contributed by atoms with Crippen molar-refractivity contribution in [3.05, 3.63) is 59.5 Å². The highest BCUT2D eigenvalue weighted by Crippen LogP contribution is 2.50. The molecule has 0 radical (unpaired) electrons. The lowest BCUT2D eigenvalue weighted by atomic mass is 9.73. The van der Waals surface area contributed by atoms with Crippen molar-refractivity contribution in [2.75, 3.05) is 4.72 Å². The van der Waals surface area contributed by atoms with Crippen LogP contribution in [0, 0.1) is 5.82 Å². The molecule has 2 atom stereocenters. The normalized spacial score (nSPS) is 22.4. The van der Waals surface area contributed by atoms with Crippen molar-refractivity contribution in [2.24, 2.45) is 7.05 Å². The maximum atomic E-state index is 14.9. The van der Waals surface area contributed by atoms with E-state index in [1.807, 2.05) is 0 Å². The van der Waals surface area contributed by atoms with E-state index in [4.69, 9.17) is 16.3 Å². The fourth-order valence-electron chi connectivity index (χ4n) is 4.27. The van der Waals surface area contributed by atoms with Crippen molar-refractivity contribution in [3.8, 4) is 5.75 Å². The van der Waals surface area contributed by atoms with Gasteiger partial charge in [0.05, 0.1) is 11.4 Å². The zero-order chi connectivity index (χ0) is 24.7. The van der Waals surface area contributed by atoms with Crippen LogP contribution in [0.15, 0.2) is 47.9 Å². The number of anilines is 1. The van der Waals surface area contributed by atoms with Crippen molar-refractivity contribution in [3.63, 3.8) is 0 Å². The Morgan fingerprint density at radius 3 is 2.68 bits per heavy atom. The molecule has 182 valence electrons. The van der Waals surface area contributed by atoms with E-state index in [9.17, 15) is 21.6 Å². The van der Waals surface area contributed by atoms with E-state index >= 15 is 0 Å². The molecule has 0 aliphatic heterocycles. The summed E-state index contributed by atoms with van der Waals surface area (Å²) in [6.45, 7) is 1.51. The van der Waals surface area contributed by atoms with Crippen LogP contribution in [0.25, 0.3) is 0 Å². The number of nitrogens with one attached hydrogen (secondary N) is 1. The second-order valence-electron chi connectivity index (χ2n) is 8.33. The van der Waals surface area contributed by atoms with Crippen molar-refractivity contribution in [2.45, 2.75) is 48.5 Å². The van der Waals surface area contributed by atoms with Crippen molar-refractivity contribution in [1.29, 1.82) is 0 Å². The Bertz CT molecular complexity index is 1310. The Balaban J connectivity index is 1.67. The van der Waals surface area contributed by atoms with Gasteiger partial charge >= 0.3 is 0 Å². The first kappa shape index (κ1) is 24.3. The topological polar surface area (TPSA) is 99.0 Å². The lowest BCUT2D eigenvalue weighted by Gasteiger charge is -2.44. The van der Waals surface area contributed by atoms with Crippen LogP contribution in [-0.4, -0.2) is 39.7 Å². The summed E-state index contributed by atoms with van der Waals surface area (Å²) in [6.07, 6.45) is 3.12. The Kier molecular flexibility index (Phi) is 6.23. The van der Waals surface area contributed by atoms with Gasteiger partial charge in [0.2, 0.25) is 0 Å². The highest BCUT2D eigenvalue weighted by molar-refractivity contribution is 7.92. The van der Waals surface area contributed by atoms with Crippen molar-refractivity contribution >= 4 is 27.4 Å². The van der Waals surface area contributed by atoms with E-state index in [0.29, 0.717) is 5.69 Å². The van der Waals surface area contributed by atoms with Crippen LogP contribution in [0.4, 0.5) is 19.0 Å². The van der Waals surface area contributed by atoms with Gasteiger partial charge in [-0.15, -0.1) is 0 Å². The van der Waals surface area contributed by atoms with E-state index in [1.165, 1.54) is 19.2 Å². The number of alkyl halides is 2. The van der Waals surface area contributed by atoms with Gasteiger partial charge in [-0.2, -0.15) is 5.10 Å². The Morgan fingerprint density at radius 1 is 1.26 bits per heavy atom. The van der Waals surface area contributed by atoms with Crippen molar-refractivity contribution in [1.82, 2.24) is 19.7 Å². The zero-order valence-corrected chi connectivity index (χ0v) is 19.7. The molecule has 8 nitrogen and oxygen atoms in total. The SMILES string of the molecule is Cn1nccc1[C@H]1CCC(F)(F)C[C@@]1(C)Oc1cc(F)c(S(=O)(=O)Nc2ccncn2)cc1Cl. The van der Waals surface area contributed by atoms with Gasteiger partial charge in [0.25, 0.3) is 15.9 Å². The molecule has 34 heavy (non-hydrogen) atoms. The van der Waals surface area contributed by atoms with E-state index in [0.717, 1.165) is 18.5 Å². The molecule has 1 N–H and O–H groups in total. The summed E-state index contributed by atoms with van der Waals surface area (Å²) in [4.78, 5) is 6.67. The van der Waals surface area contributed by atoms with Crippen LogP contribution in [0.3, 0.4) is 0 Å². The molecule has 13 heteroatoms. The van der Waals surface area contributed by atoms with Gasteiger partial charge in [-0.3, -0.25) is 9.40 Å². The molecule has 0 bridgehead atoms. The predicted octanol–water partition coefficient (Wildman–Crippen LogP) is 4.54. The summed E-state index contributed by atoms with van der Waals surface area (Å²) in [5.41, 5.74) is -0.784. The van der Waals surface area contributed by atoms with Crippen LogP contribution < -0.4 is 9.46 Å². The molecule has 1 aromatic carbocycles. The number of ether oxygens (including phenoxy) is 1. The maximum absolute atomic E-state index is 14.9. The average molecular weight is 516 g/mol. The van der Waals surface area contributed by atoms with Crippen LogP contribution in [0.2, 0.25) is 5.02 Å². The molecular weight excluding hydrogens is 495 g/mol. The van der Waals surface area contributed by atoms with Crippen LogP contribution in [-0.2, 0) is 17.1 Å². The molecule has 4 rings (SSSR count). The molecular formula is C21H21ClF3N5O3S. The molecule has 0 saturated heterocycles. The third-order valence-corrected chi connectivity index (χ3v) is 7.47. The number of aryl methyl sites for hydroxylation is 1. The van der Waals surface area contributed by atoms with Crippen LogP contribution in [0.5, 0.6) is 5.75 Å². The molecule has 1 aliphatic rings. The summed E-state index contributed by atoms with van der Waals surface area (Å²) in [5.74, 6) is -4.96. The molecule has 1 saturated carbocycles. The van der Waals surface area contributed by atoms with Crippen LogP contribution in [0.1, 0.15) is 37.8 Å². The Morgan fingerprint density at radius 2 is 2.03 bits per heavy atom. The Labute approximate surface area is 199 Å². The summed E-state index contributed by atoms with van der Waals surface area (Å²) >= 11 is 6.25. The van der Waals surface area contributed by atoms with Crippen LogP contribution >= 0.6 is 11.6 Å². The first-order valence-electron chi connectivity index (χ1n) is 10.2. The monoisotopic (exact) mass is 515 g/mol. The number of nitrogens with zero attached hydrogens (tertiary/aromatic N) is 4. The fourth-order valence-corrected chi connectivity index (χ4v) is 5.63. The highest BCUT2D eigenvalue weighted by Gasteiger charge is 2.52.